The second-order valence-electron chi connectivity index (χ2n) is 11.0. The molecule has 2 aliphatic heterocycles. The second-order valence-corrected chi connectivity index (χ2v) is 11.0. The molecule has 5 rings (SSSR count). The van der Waals surface area contributed by atoms with Gasteiger partial charge in [0, 0.05) is 48.0 Å². The van der Waals surface area contributed by atoms with Crippen molar-refractivity contribution in [3.63, 3.8) is 0 Å². The van der Waals surface area contributed by atoms with E-state index in [0.29, 0.717) is 38.2 Å². The van der Waals surface area contributed by atoms with Crippen LogP contribution < -0.4 is 15.9 Å². The minimum absolute atomic E-state index is 0.00973. The lowest BCUT2D eigenvalue weighted by Crippen LogP contribution is -2.54. The van der Waals surface area contributed by atoms with Gasteiger partial charge in [-0.05, 0) is 68.0 Å². The molecular weight excluding hydrogens is 503 g/mol. The van der Waals surface area contributed by atoms with Crippen molar-refractivity contribution in [1.29, 1.82) is 0 Å². The van der Waals surface area contributed by atoms with Crippen LogP contribution in [0.25, 0.3) is 11.6 Å². The van der Waals surface area contributed by atoms with Crippen LogP contribution in [-0.2, 0) is 6.42 Å². The summed E-state index contributed by atoms with van der Waals surface area (Å²) in [6, 6.07) is 0.880. The third kappa shape index (κ3) is 5.10. The molecule has 0 bridgehead atoms. The third-order valence-electron chi connectivity index (χ3n) is 8.08. The highest BCUT2D eigenvalue weighted by Crippen LogP contribution is 2.40. The Hall–Kier alpha value is -2.43. The second kappa shape index (κ2) is 10.6. The standard InChI is InChI=1S/C28H35F5N4O/c1-16-5-3-6-20-21-9-17(2)37(14-28(32,33)15-38)27(26(21)35-25(16)20)24-22(30)10-18(11-23(24)31)34-19-12-36(13-19)8-4-7-29/h6,10-11,17,19,27,34-35,38H,3-5,7-9,12-15H2,1-2H3. The summed E-state index contributed by atoms with van der Waals surface area (Å²) >= 11 is 0. The van der Waals surface area contributed by atoms with Crippen LogP contribution in [0, 0.1) is 11.6 Å². The zero-order chi connectivity index (χ0) is 27.2. The topological polar surface area (TPSA) is 54.5 Å². The summed E-state index contributed by atoms with van der Waals surface area (Å²) in [7, 11) is 0. The summed E-state index contributed by atoms with van der Waals surface area (Å²) in [5.41, 5.74) is 2.55. The van der Waals surface area contributed by atoms with Gasteiger partial charge >= 0.3 is 0 Å². The monoisotopic (exact) mass is 538 g/mol. The Labute approximate surface area is 219 Å². The van der Waals surface area contributed by atoms with Crippen LogP contribution in [0.4, 0.5) is 27.6 Å². The average Bonchev–Trinajstić information content (AvgIpc) is 3.21. The number of anilines is 1. The van der Waals surface area contributed by atoms with Crippen LogP contribution in [-0.4, -0.2) is 77.4 Å². The molecule has 3 aliphatic rings. The van der Waals surface area contributed by atoms with Gasteiger partial charge in [-0.1, -0.05) is 6.08 Å². The van der Waals surface area contributed by atoms with Crippen molar-refractivity contribution < 1.29 is 27.1 Å². The first-order valence-electron chi connectivity index (χ1n) is 13.3. The van der Waals surface area contributed by atoms with Crippen molar-refractivity contribution in [1.82, 2.24) is 14.8 Å². The molecule has 5 nitrogen and oxygen atoms in total. The molecule has 2 atom stereocenters. The van der Waals surface area contributed by atoms with Crippen LogP contribution in [0.15, 0.2) is 12.1 Å². The predicted octanol–water partition coefficient (Wildman–Crippen LogP) is 3.46. The highest BCUT2D eigenvalue weighted by atomic mass is 19.3. The highest BCUT2D eigenvalue weighted by Gasteiger charge is 2.43. The molecule has 1 saturated heterocycles. The molecule has 2 aromatic rings. The lowest BCUT2D eigenvalue weighted by Gasteiger charge is -2.42. The number of alkyl halides is 3. The SMILES string of the molecule is CC1=c2[nH]c3c(c2=CCC1)CC(C)N(CC(F)(F)CO)C3c1c(F)cc(NC2CN(CCCF)C2)cc1F. The van der Waals surface area contributed by atoms with Crippen LogP contribution in [0.3, 0.4) is 0 Å². The van der Waals surface area contributed by atoms with Crippen LogP contribution in [0.5, 0.6) is 0 Å². The number of aromatic amines is 1. The molecular formula is C28H35F5N4O. The third-order valence-corrected chi connectivity index (χ3v) is 8.08. The molecule has 0 saturated carbocycles. The maximum atomic E-state index is 15.8. The zero-order valence-corrected chi connectivity index (χ0v) is 21.8. The number of halogens is 5. The highest BCUT2D eigenvalue weighted by molar-refractivity contribution is 5.54. The number of nitrogens with zero attached hydrogens (tertiary/aromatic N) is 2. The van der Waals surface area contributed by atoms with E-state index in [9.17, 15) is 18.3 Å². The Morgan fingerprint density at radius 3 is 2.55 bits per heavy atom. The molecule has 0 spiro atoms. The average molecular weight is 539 g/mol. The Bertz CT molecular complexity index is 1280. The summed E-state index contributed by atoms with van der Waals surface area (Å²) in [5, 5.41) is 14.3. The number of aliphatic hydroxyl groups excluding tert-OH is 1. The first kappa shape index (κ1) is 27.1. The summed E-state index contributed by atoms with van der Waals surface area (Å²) < 4.78 is 72.9. The lowest BCUT2D eigenvalue weighted by molar-refractivity contribution is -0.0869. The number of fused-ring (bicyclic) bond motifs is 3. The van der Waals surface area contributed by atoms with Gasteiger partial charge in [0.1, 0.15) is 18.2 Å². The number of aromatic nitrogens is 1. The number of H-pyrrole nitrogens is 1. The molecule has 1 fully saturated rings. The minimum atomic E-state index is -3.43. The van der Waals surface area contributed by atoms with Gasteiger partial charge in [0.15, 0.2) is 0 Å². The number of rotatable bonds is 9. The first-order chi connectivity index (χ1) is 18.1. The molecule has 1 aromatic heterocycles. The van der Waals surface area contributed by atoms with Gasteiger partial charge in [0.25, 0.3) is 5.92 Å². The Balaban J connectivity index is 1.52. The van der Waals surface area contributed by atoms with Gasteiger partial charge in [-0.3, -0.25) is 14.2 Å². The summed E-state index contributed by atoms with van der Waals surface area (Å²) in [4.78, 5) is 6.81. The van der Waals surface area contributed by atoms with E-state index < -0.39 is 42.8 Å². The van der Waals surface area contributed by atoms with Crippen molar-refractivity contribution in [2.45, 2.75) is 63.6 Å². The molecule has 0 radical (unpaired) electrons. The van der Waals surface area contributed by atoms with Gasteiger partial charge in [0.2, 0.25) is 0 Å². The Morgan fingerprint density at radius 1 is 1.18 bits per heavy atom. The van der Waals surface area contributed by atoms with Crippen LogP contribution in [0.2, 0.25) is 0 Å². The van der Waals surface area contributed by atoms with Crippen molar-refractivity contribution in [3.8, 4) is 0 Å². The molecule has 1 aromatic carbocycles. The van der Waals surface area contributed by atoms with E-state index >= 15 is 8.78 Å². The van der Waals surface area contributed by atoms with E-state index in [1.165, 1.54) is 17.0 Å². The van der Waals surface area contributed by atoms with Crippen molar-refractivity contribution in [2.24, 2.45) is 0 Å². The number of likely N-dealkylation sites (tertiary alicyclic amines) is 1. The lowest BCUT2D eigenvalue weighted by atomic mass is 9.87. The van der Waals surface area contributed by atoms with E-state index in [1.54, 1.807) is 6.92 Å². The van der Waals surface area contributed by atoms with E-state index in [2.05, 4.69) is 21.3 Å². The molecule has 38 heavy (non-hydrogen) atoms. The van der Waals surface area contributed by atoms with E-state index in [0.717, 1.165) is 34.5 Å². The Morgan fingerprint density at radius 2 is 1.89 bits per heavy atom. The number of nitrogens with one attached hydrogen (secondary N) is 2. The predicted molar refractivity (Wildman–Crippen MR) is 137 cm³/mol. The largest absolute Gasteiger partial charge is 0.390 e. The normalized spacial score (nSPS) is 22.6. The van der Waals surface area contributed by atoms with E-state index in [1.807, 2.05) is 6.92 Å². The van der Waals surface area contributed by atoms with Crippen molar-refractivity contribution in [3.05, 3.63) is 51.2 Å². The number of hydrogen-bond donors (Lipinski definition) is 3. The fourth-order valence-corrected chi connectivity index (χ4v) is 6.15. The molecule has 3 N–H and O–H groups in total. The zero-order valence-electron chi connectivity index (χ0n) is 21.8. The van der Waals surface area contributed by atoms with Crippen LogP contribution in [0.1, 0.15) is 56.0 Å². The summed E-state index contributed by atoms with van der Waals surface area (Å²) in [6.45, 7) is 3.16. The van der Waals surface area contributed by atoms with Gasteiger partial charge in [-0.25, -0.2) is 17.6 Å². The quantitative estimate of drug-likeness (QED) is 0.429. The smallest absolute Gasteiger partial charge is 0.283 e. The fourth-order valence-electron chi connectivity index (χ4n) is 6.15. The molecule has 10 heteroatoms. The molecule has 208 valence electrons. The van der Waals surface area contributed by atoms with Gasteiger partial charge < -0.3 is 15.4 Å². The van der Waals surface area contributed by atoms with Crippen molar-refractivity contribution >= 4 is 17.3 Å². The summed E-state index contributed by atoms with van der Waals surface area (Å²) in [5.74, 6) is -5.07. The Kier molecular flexibility index (Phi) is 7.59. The number of benzene rings is 1. The number of aliphatic hydroxyl groups is 1. The number of hydrogen-bond acceptors (Lipinski definition) is 4. The van der Waals surface area contributed by atoms with E-state index in [4.69, 9.17) is 0 Å². The maximum Gasteiger partial charge on any atom is 0.283 e. The first-order valence-corrected chi connectivity index (χ1v) is 13.3. The van der Waals surface area contributed by atoms with Crippen molar-refractivity contribution in [2.75, 3.05) is 44.8 Å². The van der Waals surface area contributed by atoms with E-state index in [-0.39, 0.29) is 24.0 Å². The minimum Gasteiger partial charge on any atom is -0.390 e. The van der Waals surface area contributed by atoms with Gasteiger partial charge in [0.05, 0.1) is 25.3 Å². The molecule has 3 heterocycles. The fraction of sp³-hybridized carbons (Fsp3) is 0.571. The molecule has 1 aliphatic carbocycles. The van der Waals surface area contributed by atoms with Crippen LogP contribution >= 0.6 is 0 Å². The molecule has 2 unspecified atom stereocenters. The summed E-state index contributed by atoms with van der Waals surface area (Å²) in [6.07, 6.45) is 4.72. The van der Waals surface area contributed by atoms with Gasteiger partial charge in [-0.15, -0.1) is 0 Å². The van der Waals surface area contributed by atoms with Gasteiger partial charge in [-0.2, -0.15) is 0 Å². The molecule has 0 amide bonds. The maximum absolute atomic E-state index is 15.8.